The van der Waals surface area contributed by atoms with E-state index in [1.807, 2.05) is 0 Å². The number of benzene rings is 2. The summed E-state index contributed by atoms with van der Waals surface area (Å²) in [5.41, 5.74) is 3.96. The lowest BCUT2D eigenvalue weighted by molar-refractivity contribution is 0.134. The Bertz CT molecular complexity index is 552. The van der Waals surface area contributed by atoms with E-state index >= 15 is 0 Å². The van der Waals surface area contributed by atoms with Crippen molar-refractivity contribution >= 4 is 0 Å². The number of hydrogen-bond donors (Lipinski definition) is 1. The molecule has 0 saturated heterocycles. The number of aliphatic hydroxyl groups is 1. The van der Waals surface area contributed by atoms with Crippen LogP contribution in [-0.4, -0.2) is 30.2 Å². The predicted octanol–water partition coefficient (Wildman–Crippen LogP) is 2.80. The van der Waals surface area contributed by atoms with Crippen molar-refractivity contribution in [1.82, 2.24) is 4.90 Å². The molecule has 1 aliphatic rings. The van der Waals surface area contributed by atoms with Gasteiger partial charge in [0.1, 0.15) is 0 Å². The topological polar surface area (TPSA) is 23.5 Å². The van der Waals surface area contributed by atoms with Gasteiger partial charge in [0, 0.05) is 12.5 Å². The van der Waals surface area contributed by atoms with Crippen molar-refractivity contribution in [2.24, 2.45) is 0 Å². The number of nitrogens with zero attached hydrogens (tertiary/aromatic N) is 1. The number of rotatable bonds is 2. The Morgan fingerprint density at radius 3 is 2.32 bits per heavy atom. The van der Waals surface area contributed by atoms with Crippen LogP contribution >= 0.6 is 0 Å². The summed E-state index contributed by atoms with van der Waals surface area (Å²) in [6.45, 7) is 1.13. The first-order valence-electron chi connectivity index (χ1n) is 6.76. The number of hydrogen-bond acceptors (Lipinski definition) is 2. The molecule has 2 nitrogen and oxygen atoms in total. The number of likely N-dealkylation sites (N-methyl/N-ethyl adjacent to an activating group) is 1. The minimum Gasteiger partial charge on any atom is -0.394 e. The molecule has 2 atom stereocenters. The molecule has 2 aromatic carbocycles. The molecule has 0 aliphatic carbocycles. The molecular formula is C17H19NO. The maximum absolute atomic E-state index is 9.62. The van der Waals surface area contributed by atoms with Crippen LogP contribution in [0.15, 0.2) is 54.6 Å². The SMILES string of the molecule is CN1CC(c2ccccc2)c2ccccc2C1CO. The van der Waals surface area contributed by atoms with Crippen molar-refractivity contribution in [1.29, 1.82) is 0 Å². The lowest BCUT2D eigenvalue weighted by atomic mass is 9.82. The average molecular weight is 253 g/mol. The molecule has 0 aromatic heterocycles. The molecule has 0 fully saturated rings. The quantitative estimate of drug-likeness (QED) is 0.889. The van der Waals surface area contributed by atoms with Gasteiger partial charge in [0.25, 0.3) is 0 Å². The maximum atomic E-state index is 9.62. The van der Waals surface area contributed by atoms with E-state index < -0.39 is 0 Å². The van der Waals surface area contributed by atoms with Gasteiger partial charge in [-0.15, -0.1) is 0 Å². The summed E-state index contributed by atoms with van der Waals surface area (Å²) in [7, 11) is 2.09. The van der Waals surface area contributed by atoms with Crippen molar-refractivity contribution < 1.29 is 5.11 Å². The summed E-state index contributed by atoms with van der Waals surface area (Å²) >= 11 is 0. The molecule has 1 aliphatic heterocycles. The highest BCUT2D eigenvalue weighted by Gasteiger charge is 2.30. The fourth-order valence-corrected chi connectivity index (χ4v) is 3.09. The highest BCUT2D eigenvalue weighted by atomic mass is 16.3. The van der Waals surface area contributed by atoms with Gasteiger partial charge in [-0.1, -0.05) is 54.6 Å². The van der Waals surface area contributed by atoms with Gasteiger partial charge in [-0.25, -0.2) is 0 Å². The van der Waals surface area contributed by atoms with Crippen LogP contribution in [0, 0.1) is 0 Å². The predicted molar refractivity (Wildman–Crippen MR) is 77.2 cm³/mol. The number of fused-ring (bicyclic) bond motifs is 1. The molecule has 1 heterocycles. The van der Waals surface area contributed by atoms with Crippen molar-refractivity contribution in [3.8, 4) is 0 Å². The van der Waals surface area contributed by atoms with Crippen LogP contribution in [0.2, 0.25) is 0 Å². The Labute approximate surface area is 114 Å². The molecule has 2 heteroatoms. The summed E-state index contributed by atoms with van der Waals surface area (Å²) < 4.78 is 0. The van der Waals surface area contributed by atoms with E-state index in [1.165, 1.54) is 16.7 Å². The summed E-state index contributed by atoms with van der Waals surface area (Å²) in [5, 5.41) is 9.62. The van der Waals surface area contributed by atoms with E-state index in [0.717, 1.165) is 6.54 Å². The first-order valence-corrected chi connectivity index (χ1v) is 6.76. The summed E-state index contributed by atoms with van der Waals surface area (Å²) in [4.78, 5) is 2.25. The fourth-order valence-electron chi connectivity index (χ4n) is 3.09. The fraction of sp³-hybridized carbons (Fsp3) is 0.294. The second-order valence-corrected chi connectivity index (χ2v) is 5.23. The van der Waals surface area contributed by atoms with Gasteiger partial charge in [0.05, 0.1) is 12.6 Å². The number of aliphatic hydroxyl groups excluding tert-OH is 1. The molecule has 0 saturated carbocycles. The normalized spacial score (nSPS) is 23.1. The highest BCUT2D eigenvalue weighted by molar-refractivity contribution is 5.42. The Balaban J connectivity index is 2.08. The molecule has 0 amide bonds. The first kappa shape index (κ1) is 12.4. The van der Waals surface area contributed by atoms with Gasteiger partial charge >= 0.3 is 0 Å². The van der Waals surface area contributed by atoms with Crippen LogP contribution in [0.25, 0.3) is 0 Å². The zero-order chi connectivity index (χ0) is 13.2. The molecule has 2 unspecified atom stereocenters. The molecule has 0 spiro atoms. The van der Waals surface area contributed by atoms with E-state index in [-0.39, 0.29) is 12.6 Å². The van der Waals surface area contributed by atoms with Crippen molar-refractivity contribution in [3.63, 3.8) is 0 Å². The Hall–Kier alpha value is -1.64. The zero-order valence-corrected chi connectivity index (χ0v) is 11.2. The van der Waals surface area contributed by atoms with Gasteiger partial charge < -0.3 is 5.11 Å². The van der Waals surface area contributed by atoms with Crippen LogP contribution in [0.1, 0.15) is 28.7 Å². The van der Waals surface area contributed by atoms with Gasteiger partial charge in [0.2, 0.25) is 0 Å². The van der Waals surface area contributed by atoms with Gasteiger partial charge in [-0.05, 0) is 23.7 Å². The lowest BCUT2D eigenvalue weighted by Crippen LogP contribution is -2.37. The average Bonchev–Trinajstić information content (AvgIpc) is 2.47. The van der Waals surface area contributed by atoms with Crippen LogP contribution in [0.4, 0.5) is 0 Å². The Kier molecular flexibility index (Phi) is 3.36. The lowest BCUT2D eigenvalue weighted by Gasteiger charge is -2.38. The van der Waals surface area contributed by atoms with Crippen LogP contribution < -0.4 is 0 Å². The van der Waals surface area contributed by atoms with E-state index in [1.54, 1.807) is 0 Å². The zero-order valence-electron chi connectivity index (χ0n) is 11.2. The highest BCUT2D eigenvalue weighted by Crippen LogP contribution is 2.38. The minimum absolute atomic E-state index is 0.121. The van der Waals surface area contributed by atoms with Crippen LogP contribution in [0.3, 0.4) is 0 Å². The standard InChI is InChI=1S/C17H19NO/c1-18-11-16(13-7-3-2-4-8-13)14-9-5-6-10-15(14)17(18)12-19/h2-10,16-17,19H,11-12H2,1H3. The van der Waals surface area contributed by atoms with Crippen molar-refractivity contribution in [2.75, 3.05) is 20.2 Å². The third kappa shape index (κ3) is 2.18. The summed E-state index contributed by atoms with van der Waals surface area (Å²) in [5.74, 6) is 0.394. The Morgan fingerprint density at radius 2 is 1.63 bits per heavy atom. The third-order valence-electron chi connectivity index (χ3n) is 4.11. The smallest absolute Gasteiger partial charge is 0.0628 e. The van der Waals surface area contributed by atoms with Gasteiger partial charge in [-0.2, -0.15) is 0 Å². The van der Waals surface area contributed by atoms with Crippen molar-refractivity contribution in [3.05, 3.63) is 71.3 Å². The third-order valence-corrected chi connectivity index (χ3v) is 4.11. The first-order chi connectivity index (χ1) is 9.31. The molecule has 0 radical (unpaired) electrons. The second-order valence-electron chi connectivity index (χ2n) is 5.23. The molecule has 19 heavy (non-hydrogen) atoms. The van der Waals surface area contributed by atoms with Crippen LogP contribution in [0.5, 0.6) is 0 Å². The van der Waals surface area contributed by atoms with Gasteiger partial charge in [0.15, 0.2) is 0 Å². The van der Waals surface area contributed by atoms with E-state index in [9.17, 15) is 5.11 Å². The van der Waals surface area contributed by atoms with Gasteiger partial charge in [-0.3, -0.25) is 4.90 Å². The molecule has 0 bridgehead atoms. The molecule has 1 N–H and O–H groups in total. The van der Waals surface area contributed by atoms with Crippen molar-refractivity contribution in [2.45, 2.75) is 12.0 Å². The summed E-state index contributed by atoms with van der Waals surface area (Å²) in [6.07, 6.45) is 0. The van der Waals surface area contributed by atoms with Crippen LogP contribution in [-0.2, 0) is 0 Å². The van der Waals surface area contributed by atoms with E-state index in [0.29, 0.717) is 5.92 Å². The minimum atomic E-state index is 0.121. The largest absolute Gasteiger partial charge is 0.394 e. The maximum Gasteiger partial charge on any atom is 0.0628 e. The summed E-state index contributed by atoms with van der Waals surface area (Å²) in [6, 6.07) is 19.2. The molecular weight excluding hydrogens is 234 g/mol. The molecule has 2 aromatic rings. The monoisotopic (exact) mass is 253 g/mol. The second kappa shape index (κ2) is 5.16. The molecule has 98 valence electrons. The van der Waals surface area contributed by atoms with E-state index in [2.05, 4.69) is 66.5 Å². The molecule has 3 rings (SSSR count). The Morgan fingerprint density at radius 1 is 1.00 bits per heavy atom. The van der Waals surface area contributed by atoms with E-state index in [4.69, 9.17) is 0 Å².